The molecule has 2 heterocycles. The molecule has 0 radical (unpaired) electrons. The van der Waals surface area contributed by atoms with Crippen LogP contribution in [-0.2, 0) is 22.4 Å². The number of amides is 3. The zero-order chi connectivity index (χ0) is 20.7. The van der Waals surface area contributed by atoms with Crippen molar-refractivity contribution in [1.82, 2.24) is 4.90 Å². The van der Waals surface area contributed by atoms with Crippen LogP contribution in [0, 0.1) is 0 Å². The Labute approximate surface area is 171 Å². The van der Waals surface area contributed by atoms with Gasteiger partial charge in [0.05, 0.1) is 23.3 Å². The van der Waals surface area contributed by atoms with Gasteiger partial charge in [-0.05, 0) is 50.8 Å². The van der Waals surface area contributed by atoms with Crippen LogP contribution in [0.1, 0.15) is 61.8 Å². The molecule has 1 aliphatic heterocycles. The lowest BCUT2D eigenvalue weighted by Gasteiger charge is -2.21. The molecule has 0 saturated carbocycles. The average molecular weight is 412 g/mol. The van der Waals surface area contributed by atoms with Crippen LogP contribution in [0.25, 0.3) is 0 Å². The molecule has 1 atom stereocenters. The van der Waals surface area contributed by atoms with Crippen LogP contribution >= 0.6 is 11.3 Å². The lowest BCUT2D eigenvalue weighted by Crippen LogP contribution is -2.45. The van der Waals surface area contributed by atoms with Gasteiger partial charge in [-0.15, -0.1) is 11.3 Å². The van der Waals surface area contributed by atoms with Crippen molar-refractivity contribution < 1.29 is 23.9 Å². The summed E-state index contributed by atoms with van der Waals surface area (Å²) in [4.78, 5) is 52.7. The summed E-state index contributed by atoms with van der Waals surface area (Å²) in [5, 5.41) is 3.17. The molecule has 2 aliphatic rings. The zero-order valence-electron chi connectivity index (χ0n) is 16.1. The molecule has 0 saturated heterocycles. The Balaban J connectivity index is 1.59. The van der Waals surface area contributed by atoms with Crippen LogP contribution in [-0.4, -0.2) is 41.2 Å². The van der Waals surface area contributed by atoms with E-state index in [0.717, 1.165) is 34.6 Å². The van der Waals surface area contributed by atoms with E-state index < -0.39 is 29.7 Å². The predicted molar refractivity (Wildman–Crippen MR) is 107 cm³/mol. The number of nitrogens with zero attached hydrogens (tertiary/aromatic N) is 1. The van der Waals surface area contributed by atoms with E-state index in [9.17, 15) is 19.2 Å². The van der Waals surface area contributed by atoms with Gasteiger partial charge in [0.2, 0.25) is 5.91 Å². The van der Waals surface area contributed by atoms with Crippen molar-refractivity contribution in [1.29, 1.82) is 0 Å². The van der Waals surface area contributed by atoms with Crippen LogP contribution in [0.5, 0.6) is 0 Å². The summed E-state index contributed by atoms with van der Waals surface area (Å²) in [6.45, 7) is 3.47. The third-order valence-electron chi connectivity index (χ3n) is 5.23. The number of nitrogens with one attached hydrogen (secondary N) is 1. The van der Waals surface area contributed by atoms with Crippen molar-refractivity contribution >= 4 is 40.0 Å². The highest BCUT2D eigenvalue weighted by molar-refractivity contribution is 7.17. The molecule has 1 aliphatic carbocycles. The van der Waals surface area contributed by atoms with Gasteiger partial charge in [-0.3, -0.25) is 19.3 Å². The number of anilines is 1. The molecule has 0 spiro atoms. The first-order chi connectivity index (χ1) is 13.9. The number of thiophene rings is 1. The second kappa shape index (κ2) is 7.44. The van der Waals surface area contributed by atoms with Crippen molar-refractivity contribution in [3.8, 4) is 0 Å². The first kappa shape index (κ1) is 19.3. The monoisotopic (exact) mass is 412 g/mol. The number of hydrogen-bond acceptors (Lipinski definition) is 6. The second-order valence-corrected chi connectivity index (χ2v) is 8.08. The molecular formula is C21H20N2O5S. The lowest BCUT2D eigenvalue weighted by atomic mass is 10.1. The quantitative estimate of drug-likeness (QED) is 0.602. The summed E-state index contributed by atoms with van der Waals surface area (Å²) >= 11 is 1.36. The molecule has 1 aromatic carbocycles. The third-order valence-corrected chi connectivity index (χ3v) is 6.44. The normalized spacial score (nSPS) is 15.9. The third kappa shape index (κ3) is 3.13. The average Bonchev–Trinajstić information content (AvgIpc) is 3.34. The van der Waals surface area contributed by atoms with Gasteiger partial charge in [0.1, 0.15) is 11.0 Å². The van der Waals surface area contributed by atoms with E-state index in [2.05, 4.69) is 5.32 Å². The number of carbonyl (C=O) groups is 4. The number of benzene rings is 1. The molecule has 8 heteroatoms. The number of fused-ring (bicyclic) bond motifs is 2. The largest absolute Gasteiger partial charge is 0.462 e. The van der Waals surface area contributed by atoms with Gasteiger partial charge in [-0.25, -0.2) is 4.79 Å². The molecule has 1 N–H and O–H groups in total. The maximum Gasteiger partial charge on any atom is 0.341 e. The maximum absolute atomic E-state index is 12.9. The number of carbonyl (C=O) groups excluding carboxylic acids is 4. The summed E-state index contributed by atoms with van der Waals surface area (Å²) in [7, 11) is 0. The Morgan fingerprint density at radius 2 is 1.83 bits per heavy atom. The van der Waals surface area contributed by atoms with E-state index in [0.29, 0.717) is 21.7 Å². The lowest BCUT2D eigenvalue weighted by molar-refractivity contribution is -0.119. The van der Waals surface area contributed by atoms with E-state index in [1.807, 2.05) is 0 Å². The van der Waals surface area contributed by atoms with E-state index >= 15 is 0 Å². The van der Waals surface area contributed by atoms with Gasteiger partial charge >= 0.3 is 5.97 Å². The number of ether oxygens (including phenoxy) is 1. The molecule has 29 heavy (non-hydrogen) atoms. The van der Waals surface area contributed by atoms with Crippen LogP contribution in [0.3, 0.4) is 0 Å². The molecule has 4 rings (SSSR count). The molecule has 150 valence electrons. The summed E-state index contributed by atoms with van der Waals surface area (Å²) in [6.07, 6.45) is 2.59. The minimum atomic E-state index is -1.02. The second-order valence-electron chi connectivity index (χ2n) is 6.97. The van der Waals surface area contributed by atoms with Crippen LogP contribution in [0.4, 0.5) is 5.00 Å². The number of hydrogen-bond donors (Lipinski definition) is 1. The van der Waals surface area contributed by atoms with E-state index in [4.69, 9.17) is 4.74 Å². The standard InChI is InChI=1S/C21H20N2O5S/c1-3-28-21(27)16-14-9-6-10-15(14)29-18(16)22-17(24)11(2)23-19(25)12-7-4-5-8-13(12)20(23)26/h4-5,7-8,11H,3,6,9-10H2,1-2H3,(H,22,24). The Bertz CT molecular complexity index is 1010. The maximum atomic E-state index is 12.9. The Hall–Kier alpha value is -3.00. The van der Waals surface area contributed by atoms with Crippen LogP contribution in [0.15, 0.2) is 24.3 Å². The topological polar surface area (TPSA) is 92.8 Å². The van der Waals surface area contributed by atoms with Gasteiger partial charge in [0.15, 0.2) is 0 Å². The molecule has 0 bridgehead atoms. The summed E-state index contributed by atoms with van der Waals surface area (Å²) in [5.41, 5.74) is 1.91. The Kier molecular flexibility index (Phi) is 4.96. The SMILES string of the molecule is CCOC(=O)c1c(NC(=O)C(C)N2C(=O)c3ccccc3C2=O)sc2c1CCC2. The van der Waals surface area contributed by atoms with Crippen molar-refractivity contribution in [2.24, 2.45) is 0 Å². The zero-order valence-corrected chi connectivity index (χ0v) is 16.9. The van der Waals surface area contributed by atoms with Gasteiger partial charge < -0.3 is 10.1 Å². The van der Waals surface area contributed by atoms with Crippen molar-refractivity contribution in [2.75, 3.05) is 11.9 Å². The summed E-state index contributed by atoms with van der Waals surface area (Å²) in [6, 6.07) is 5.48. The summed E-state index contributed by atoms with van der Waals surface area (Å²) < 4.78 is 5.17. The molecule has 2 aromatic rings. The number of imide groups is 1. The first-order valence-corrected chi connectivity index (χ1v) is 10.3. The minimum absolute atomic E-state index is 0.238. The molecule has 1 unspecified atom stereocenters. The van der Waals surface area contributed by atoms with Crippen LogP contribution in [0.2, 0.25) is 0 Å². The molecule has 7 nitrogen and oxygen atoms in total. The van der Waals surface area contributed by atoms with Gasteiger partial charge in [0.25, 0.3) is 11.8 Å². The fourth-order valence-electron chi connectivity index (χ4n) is 3.80. The minimum Gasteiger partial charge on any atom is -0.462 e. The predicted octanol–water partition coefficient (Wildman–Crippen LogP) is 3.04. The van der Waals surface area contributed by atoms with Gasteiger partial charge in [-0.1, -0.05) is 12.1 Å². The van der Waals surface area contributed by atoms with Gasteiger partial charge in [-0.2, -0.15) is 0 Å². The highest BCUT2D eigenvalue weighted by Crippen LogP contribution is 2.39. The number of aryl methyl sites for hydroxylation is 1. The fraction of sp³-hybridized carbons (Fsp3) is 0.333. The highest BCUT2D eigenvalue weighted by Gasteiger charge is 2.41. The van der Waals surface area contributed by atoms with E-state index in [1.54, 1.807) is 31.2 Å². The van der Waals surface area contributed by atoms with Crippen LogP contribution < -0.4 is 5.32 Å². The van der Waals surface area contributed by atoms with E-state index in [-0.39, 0.29) is 6.61 Å². The van der Waals surface area contributed by atoms with Crippen molar-refractivity contribution in [3.63, 3.8) is 0 Å². The Morgan fingerprint density at radius 1 is 1.17 bits per heavy atom. The molecule has 1 aromatic heterocycles. The van der Waals surface area contributed by atoms with Crippen molar-refractivity contribution in [3.05, 3.63) is 51.4 Å². The Morgan fingerprint density at radius 3 is 2.45 bits per heavy atom. The van der Waals surface area contributed by atoms with E-state index in [1.165, 1.54) is 18.3 Å². The smallest absolute Gasteiger partial charge is 0.341 e. The molecule has 0 fully saturated rings. The van der Waals surface area contributed by atoms with Gasteiger partial charge in [0, 0.05) is 4.88 Å². The summed E-state index contributed by atoms with van der Waals surface area (Å²) in [5.74, 6) is -1.97. The molecular weight excluding hydrogens is 392 g/mol. The number of esters is 1. The fourth-order valence-corrected chi connectivity index (χ4v) is 5.09. The first-order valence-electron chi connectivity index (χ1n) is 9.53. The number of rotatable bonds is 5. The molecule has 3 amide bonds. The van der Waals surface area contributed by atoms with Crippen molar-refractivity contribution in [2.45, 2.75) is 39.2 Å². The highest BCUT2D eigenvalue weighted by atomic mass is 32.1.